The van der Waals surface area contributed by atoms with Crippen LogP contribution in [0, 0.1) is 0 Å². The maximum absolute atomic E-state index is 12.3. The summed E-state index contributed by atoms with van der Waals surface area (Å²) in [5.41, 5.74) is 3.76. The van der Waals surface area contributed by atoms with Crippen LogP contribution < -0.4 is 24.6 Å². The zero-order valence-corrected chi connectivity index (χ0v) is 21.7. The fourth-order valence-electron chi connectivity index (χ4n) is 4.10. The SMILES string of the molecule is C[C@@](O)(CNOCc1ccccc1)COc1ccc(N2CCC(Oc3ccc(OC(F)(F)F)cc3)CC2)cc1. The third-order valence-corrected chi connectivity index (χ3v) is 6.19. The lowest BCUT2D eigenvalue weighted by molar-refractivity contribution is -0.274. The lowest BCUT2D eigenvalue weighted by atomic mass is 10.1. The van der Waals surface area contributed by atoms with E-state index in [1.165, 1.54) is 24.3 Å². The van der Waals surface area contributed by atoms with Crippen molar-refractivity contribution in [2.45, 2.75) is 44.4 Å². The molecule has 0 aliphatic carbocycles. The Bertz CT molecular complexity index is 1130. The normalized spacial score (nSPS) is 16.0. The Kier molecular flexibility index (Phi) is 9.55. The molecule has 7 nitrogen and oxygen atoms in total. The molecular formula is C29H33F3N2O5. The smallest absolute Gasteiger partial charge is 0.491 e. The molecule has 1 fully saturated rings. The molecule has 1 aliphatic heterocycles. The summed E-state index contributed by atoms with van der Waals surface area (Å²) in [5.74, 6) is 0.893. The molecule has 3 aromatic rings. The van der Waals surface area contributed by atoms with Gasteiger partial charge in [-0.25, -0.2) is 0 Å². The highest BCUT2D eigenvalue weighted by Gasteiger charge is 2.31. The van der Waals surface area contributed by atoms with E-state index in [1.807, 2.05) is 54.6 Å². The third kappa shape index (κ3) is 9.65. The fourth-order valence-corrected chi connectivity index (χ4v) is 4.10. The van der Waals surface area contributed by atoms with Crippen molar-refractivity contribution in [3.63, 3.8) is 0 Å². The summed E-state index contributed by atoms with van der Waals surface area (Å²) < 4.78 is 52.6. The molecule has 1 heterocycles. The summed E-state index contributed by atoms with van der Waals surface area (Å²) in [6.45, 7) is 3.95. The first-order valence-corrected chi connectivity index (χ1v) is 12.8. The Morgan fingerprint density at radius 3 is 2.13 bits per heavy atom. The first kappa shape index (κ1) is 28.5. The van der Waals surface area contributed by atoms with E-state index in [0.717, 1.165) is 37.2 Å². The predicted molar refractivity (Wildman–Crippen MR) is 141 cm³/mol. The zero-order valence-electron chi connectivity index (χ0n) is 21.7. The van der Waals surface area contributed by atoms with Gasteiger partial charge in [-0.05, 0) is 61.0 Å². The minimum atomic E-state index is -4.71. The number of anilines is 1. The molecule has 1 atom stereocenters. The van der Waals surface area contributed by atoms with Gasteiger partial charge in [0.2, 0.25) is 0 Å². The maximum atomic E-state index is 12.3. The Labute approximate surface area is 226 Å². The second-order valence-corrected chi connectivity index (χ2v) is 9.70. The van der Waals surface area contributed by atoms with Gasteiger partial charge < -0.3 is 24.2 Å². The minimum Gasteiger partial charge on any atom is -0.491 e. The first-order chi connectivity index (χ1) is 18.7. The number of hydrogen-bond donors (Lipinski definition) is 2. The summed E-state index contributed by atoms with van der Waals surface area (Å²) in [6.07, 6.45) is -3.18. The van der Waals surface area contributed by atoms with Gasteiger partial charge in [-0.2, -0.15) is 5.48 Å². The van der Waals surface area contributed by atoms with Crippen molar-refractivity contribution in [3.05, 3.63) is 84.4 Å². The number of piperidine rings is 1. The van der Waals surface area contributed by atoms with Crippen LogP contribution in [0.1, 0.15) is 25.3 Å². The van der Waals surface area contributed by atoms with Gasteiger partial charge in [0.05, 0.1) is 13.2 Å². The number of alkyl halides is 3. The van der Waals surface area contributed by atoms with E-state index in [-0.39, 0.29) is 25.0 Å². The Balaban J connectivity index is 1.16. The van der Waals surface area contributed by atoms with Gasteiger partial charge in [0.15, 0.2) is 0 Å². The van der Waals surface area contributed by atoms with E-state index < -0.39 is 12.0 Å². The molecule has 0 bridgehead atoms. The van der Waals surface area contributed by atoms with E-state index in [0.29, 0.717) is 18.1 Å². The van der Waals surface area contributed by atoms with Gasteiger partial charge in [-0.3, -0.25) is 4.84 Å². The molecule has 0 aromatic heterocycles. The monoisotopic (exact) mass is 546 g/mol. The second kappa shape index (κ2) is 13.1. The summed E-state index contributed by atoms with van der Waals surface area (Å²) in [7, 11) is 0. The molecule has 0 radical (unpaired) electrons. The van der Waals surface area contributed by atoms with Crippen LogP contribution >= 0.6 is 0 Å². The van der Waals surface area contributed by atoms with Gasteiger partial charge in [-0.1, -0.05) is 30.3 Å². The summed E-state index contributed by atoms with van der Waals surface area (Å²) in [6, 6.07) is 22.9. The number of hydroxylamine groups is 1. The molecule has 1 aliphatic rings. The lowest BCUT2D eigenvalue weighted by Crippen LogP contribution is -2.42. The molecule has 2 N–H and O–H groups in total. The second-order valence-electron chi connectivity index (χ2n) is 9.70. The number of ether oxygens (including phenoxy) is 3. The van der Waals surface area contributed by atoms with Crippen LogP contribution in [0.5, 0.6) is 17.2 Å². The summed E-state index contributed by atoms with van der Waals surface area (Å²) >= 11 is 0. The molecule has 3 aromatic carbocycles. The van der Waals surface area contributed by atoms with Crippen molar-refractivity contribution >= 4 is 5.69 Å². The van der Waals surface area contributed by atoms with E-state index in [9.17, 15) is 18.3 Å². The van der Waals surface area contributed by atoms with Crippen molar-refractivity contribution in [2.24, 2.45) is 0 Å². The molecule has 210 valence electrons. The number of nitrogens with zero attached hydrogens (tertiary/aromatic N) is 1. The van der Waals surface area contributed by atoms with Crippen molar-refractivity contribution in [2.75, 3.05) is 31.1 Å². The number of rotatable bonds is 12. The van der Waals surface area contributed by atoms with Gasteiger partial charge in [-0.15, -0.1) is 13.2 Å². The standard InChI is InChI=1S/C29H33F3N2O5/c1-28(35,20-33-37-19-22-5-3-2-4-6-22)21-36-24-9-7-23(8-10-24)34-17-15-26(16-18-34)38-25-11-13-27(14-12-25)39-29(30,31)32/h2-14,26,33,35H,15-21H2,1H3/t28-/m1/s1. The van der Waals surface area contributed by atoms with Crippen molar-refractivity contribution in [1.29, 1.82) is 0 Å². The summed E-state index contributed by atoms with van der Waals surface area (Å²) in [4.78, 5) is 7.67. The highest BCUT2D eigenvalue weighted by molar-refractivity contribution is 5.49. The predicted octanol–water partition coefficient (Wildman–Crippen LogP) is 5.48. The quantitative estimate of drug-likeness (QED) is 0.230. The number of halogens is 3. The van der Waals surface area contributed by atoms with Gasteiger partial charge >= 0.3 is 6.36 Å². The first-order valence-electron chi connectivity index (χ1n) is 12.8. The molecule has 4 rings (SSSR count). The van der Waals surface area contributed by atoms with E-state index in [4.69, 9.17) is 14.3 Å². The number of aliphatic hydroxyl groups is 1. The minimum absolute atomic E-state index is 0.0224. The molecule has 39 heavy (non-hydrogen) atoms. The molecule has 0 spiro atoms. The molecule has 10 heteroatoms. The molecule has 0 unspecified atom stereocenters. The Hall–Kier alpha value is -3.47. The topological polar surface area (TPSA) is 72.4 Å². The van der Waals surface area contributed by atoms with Crippen LogP contribution in [-0.2, 0) is 11.4 Å². The maximum Gasteiger partial charge on any atom is 0.573 e. The van der Waals surface area contributed by atoms with E-state index in [1.54, 1.807) is 6.92 Å². The third-order valence-electron chi connectivity index (χ3n) is 6.19. The average molecular weight is 547 g/mol. The molecule has 0 saturated carbocycles. The van der Waals surface area contributed by atoms with E-state index >= 15 is 0 Å². The molecular weight excluding hydrogens is 513 g/mol. The number of benzene rings is 3. The van der Waals surface area contributed by atoms with E-state index in [2.05, 4.69) is 15.1 Å². The van der Waals surface area contributed by atoms with Crippen molar-refractivity contribution < 1.29 is 37.3 Å². The van der Waals surface area contributed by atoms with Crippen molar-refractivity contribution in [3.8, 4) is 17.2 Å². The Morgan fingerprint density at radius 1 is 0.872 bits per heavy atom. The van der Waals surface area contributed by atoms with Crippen LogP contribution in [-0.4, -0.2) is 49.4 Å². The van der Waals surface area contributed by atoms with Gasteiger partial charge in [0, 0.05) is 31.6 Å². The highest BCUT2D eigenvalue weighted by atomic mass is 19.4. The Morgan fingerprint density at radius 2 is 1.49 bits per heavy atom. The average Bonchev–Trinajstić information content (AvgIpc) is 2.92. The largest absolute Gasteiger partial charge is 0.573 e. The summed E-state index contributed by atoms with van der Waals surface area (Å²) in [5, 5.41) is 10.6. The molecule has 1 saturated heterocycles. The lowest BCUT2D eigenvalue weighted by Gasteiger charge is -2.34. The van der Waals surface area contributed by atoms with Crippen molar-refractivity contribution in [1.82, 2.24) is 5.48 Å². The molecule has 0 amide bonds. The number of hydrogen-bond acceptors (Lipinski definition) is 7. The fraction of sp³-hybridized carbons (Fsp3) is 0.379. The van der Waals surface area contributed by atoms with Crippen LogP contribution in [0.3, 0.4) is 0 Å². The van der Waals surface area contributed by atoms with Gasteiger partial charge in [0.1, 0.15) is 35.6 Å². The van der Waals surface area contributed by atoms with Crippen LogP contribution in [0.25, 0.3) is 0 Å². The van der Waals surface area contributed by atoms with Crippen LogP contribution in [0.2, 0.25) is 0 Å². The van der Waals surface area contributed by atoms with Crippen LogP contribution in [0.4, 0.5) is 18.9 Å². The van der Waals surface area contributed by atoms with Crippen LogP contribution in [0.15, 0.2) is 78.9 Å². The number of nitrogens with one attached hydrogen (secondary N) is 1. The van der Waals surface area contributed by atoms with Gasteiger partial charge in [0.25, 0.3) is 0 Å². The zero-order chi connectivity index (χ0) is 27.7. The highest BCUT2D eigenvalue weighted by Crippen LogP contribution is 2.28.